The minimum Gasteiger partial charge on any atom is -0.481 e. The second-order valence-corrected chi connectivity index (χ2v) is 17.0. The molecule has 2 unspecified atom stereocenters. The van der Waals surface area contributed by atoms with Crippen LogP contribution in [0.4, 0.5) is 0 Å². The molecule has 4 aromatic carbocycles. The van der Waals surface area contributed by atoms with Gasteiger partial charge in [-0.25, -0.2) is 0 Å². The average Bonchev–Trinajstić information content (AvgIpc) is 3.12. The van der Waals surface area contributed by atoms with Crippen molar-refractivity contribution < 1.29 is 19.8 Å². The van der Waals surface area contributed by atoms with Crippen molar-refractivity contribution in [1.82, 2.24) is 9.80 Å². The van der Waals surface area contributed by atoms with E-state index in [2.05, 4.69) is 189 Å². The summed E-state index contributed by atoms with van der Waals surface area (Å²) < 4.78 is 0. The van der Waals surface area contributed by atoms with Gasteiger partial charge < -0.3 is 20.0 Å². The minimum absolute atomic E-state index is 0.224. The molecule has 4 aromatic rings. The van der Waals surface area contributed by atoms with Crippen LogP contribution in [0.25, 0.3) is 0 Å². The third kappa shape index (κ3) is 18.7. The summed E-state index contributed by atoms with van der Waals surface area (Å²) in [6.45, 7) is 15.9. The lowest BCUT2D eigenvalue weighted by atomic mass is 9.85. The Morgan fingerprint density at radius 2 is 0.796 bits per heavy atom. The summed E-state index contributed by atoms with van der Waals surface area (Å²) in [5, 5.41) is 15.8. The van der Waals surface area contributed by atoms with Crippen molar-refractivity contribution in [2.24, 2.45) is 0 Å². The van der Waals surface area contributed by atoms with Gasteiger partial charge in [-0.2, -0.15) is 0 Å². The van der Waals surface area contributed by atoms with E-state index in [0.717, 1.165) is 25.9 Å². The molecule has 0 fully saturated rings. The Morgan fingerprint density at radius 3 is 1.04 bits per heavy atom. The molecule has 0 radical (unpaired) electrons. The van der Waals surface area contributed by atoms with Crippen LogP contribution in [0.3, 0.4) is 0 Å². The summed E-state index contributed by atoms with van der Waals surface area (Å²) >= 11 is 0. The van der Waals surface area contributed by atoms with Crippen molar-refractivity contribution in [3.63, 3.8) is 0 Å². The number of aliphatic carboxylic acids is 2. The summed E-state index contributed by atoms with van der Waals surface area (Å²) in [5.74, 6) is -0.988. The van der Waals surface area contributed by atoms with E-state index in [1.54, 1.807) is 0 Å². The number of benzene rings is 4. The standard InChI is InChI=1S/2C22H31N.C4H6O4/c2*1-22(2,3)21-13-11-18(12-14-21)17-20(15-16-23(4)5)19-9-7-6-8-10-19;5-3(6)1-2-4(7)8/h2*6-14,20H,15-17H2,1-5H3;1-2H2,(H,5,6)(H,7,8). The molecule has 2 atom stereocenters. The van der Waals surface area contributed by atoms with E-state index in [0.29, 0.717) is 11.8 Å². The molecule has 2 N–H and O–H groups in total. The first-order chi connectivity index (χ1) is 25.3. The molecule has 0 amide bonds. The summed E-state index contributed by atoms with van der Waals surface area (Å²) in [5.41, 5.74) is 9.04. The first-order valence-corrected chi connectivity index (χ1v) is 19.4. The summed E-state index contributed by atoms with van der Waals surface area (Å²) in [7, 11) is 8.61. The van der Waals surface area contributed by atoms with Crippen LogP contribution in [-0.2, 0) is 33.3 Å². The summed E-state index contributed by atoms with van der Waals surface area (Å²) in [6, 6.07) is 40.3. The maximum absolute atomic E-state index is 9.64. The Bertz CT molecular complexity index is 1490. The normalized spacial score (nSPS) is 12.6. The van der Waals surface area contributed by atoms with Crippen LogP contribution in [0.2, 0.25) is 0 Å². The van der Waals surface area contributed by atoms with Crippen LogP contribution >= 0.6 is 0 Å². The van der Waals surface area contributed by atoms with Gasteiger partial charge in [-0.3, -0.25) is 9.59 Å². The smallest absolute Gasteiger partial charge is 0.303 e. The molecule has 0 aromatic heterocycles. The van der Waals surface area contributed by atoms with Crippen molar-refractivity contribution >= 4 is 11.9 Å². The van der Waals surface area contributed by atoms with Crippen LogP contribution in [0, 0.1) is 0 Å². The van der Waals surface area contributed by atoms with E-state index < -0.39 is 11.9 Å². The van der Waals surface area contributed by atoms with Crippen molar-refractivity contribution in [3.05, 3.63) is 143 Å². The molecule has 0 spiro atoms. The third-order valence-electron chi connectivity index (χ3n) is 9.55. The highest BCUT2D eigenvalue weighted by molar-refractivity contribution is 5.75. The Balaban J connectivity index is 0.000000312. The highest BCUT2D eigenvalue weighted by Gasteiger charge is 2.17. The first-order valence-electron chi connectivity index (χ1n) is 19.4. The zero-order chi connectivity index (χ0) is 40.3. The third-order valence-corrected chi connectivity index (χ3v) is 9.55. The molecule has 0 aliphatic heterocycles. The van der Waals surface area contributed by atoms with Gasteiger partial charge in [0.1, 0.15) is 0 Å². The summed E-state index contributed by atoms with van der Waals surface area (Å²) in [6.07, 6.45) is 4.02. The number of carboxylic acids is 2. The molecule has 0 saturated carbocycles. The van der Waals surface area contributed by atoms with E-state index >= 15 is 0 Å². The molecular formula is C48H68N2O4. The Hall–Kier alpha value is -4.26. The van der Waals surface area contributed by atoms with Crippen LogP contribution in [0.1, 0.15) is 112 Å². The van der Waals surface area contributed by atoms with Crippen LogP contribution in [-0.4, -0.2) is 73.2 Å². The molecule has 0 bridgehead atoms. The lowest BCUT2D eigenvalue weighted by Gasteiger charge is -2.22. The molecular weight excluding hydrogens is 669 g/mol. The lowest BCUT2D eigenvalue weighted by Crippen LogP contribution is -2.17. The number of carboxylic acid groups (broad SMARTS) is 2. The highest BCUT2D eigenvalue weighted by atomic mass is 16.4. The molecule has 0 aliphatic carbocycles. The number of hydrogen-bond acceptors (Lipinski definition) is 4. The largest absolute Gasteiger partial charge is 0.481 e. The molecule has 6 nitrogen and oxygen atoms in total. The Morgan fingerprint density at radius 1 is 0.500 bits per heavy atom. The molecule has 6 heteroatoms. The molecule has 0 saturated heterocycles. The molecule has 54 heavy (non-hydrogen) atoms. The maximum atomic E-state index is 9.64. The van der Waals surface area contributed by atoms with Gasteiger partial charge in [-0.05, 0) is 123 Å². The zero-order valence-electron chi connectivity index (χ0n) is 34.8. The Labute approximate surface area is 327 Å². The fourth-order valence-electron chi connectivity index (χ4n) is 6.12. The van der Waals surface area contributed by atoms with Crippen molar-refractivity contribution in [2.45, 2.75) is 103 Å². The van der Waals surface area contributed by atoms with Gasteiger partial charge in [0.25, 0.3) is 0 Å². The molecule has 4 rings (SSSR count). The number of carbonyl (C=O) groups is 2. The molecule has 0 aliphatic rings. The van der Waals surface area contributed by atoms with Gasteiger partial charge in [0.05, 0.1) is 12.8 Å². The van der Waals surface area contributed by atoms with Gasteiger partial charge in [0.2, 0.25) is 0 Å². The second-order valence-electron chi connectivity index (χ2n) is 17.0. The Kier molecular flexibility index (Phi) is 19.4. The average molecular weight is 737 g/mol. The first kappa shape index (κ1) is 45.9. The molecule has 0 heterocycles. The number of rotatable bonds is 15. The van der Waals surface area contributed by atoms with Crippen LogP contribution < -0.4 is 0 Å². The fourth-order valence-corrected chi connectivity index (χ4v) is 6.12. The van der Waals surface area contributed by atoms with Gasteiger partial charge in [-0.1, -0.05) is 151 Å². The molecule has 294 valence electrons. The van der Waals surface area contributed by atoms with Gasteiger partial charge in [0, 0.05) is 0 Å². The van der Waals surface area contributed by atoms with Gasteiger partial charge in [0.15, 0.2) is 0 Å². The van der Waals surface area contributed by atoms with Crippen molar-refractivity contribution in [1.29, 1.82) is 0 Å². The number of hydrogen-bond donors (Lipinski definition) is 2. The lowest BCUT2D eigenvalue weighted by molar-refractivity contribution is -0.143. The van der Waals surface area contributed by atoms with Gasteiger partial charge in [-0.15, -0.1) is 0 Å². The quantitative estimate of drug-likeness (QED) is 0.126. The zero-order valence-corrected chi connectivity index (χ0v) is 34.8. The number of nitrogens with zero attached hydrogens (tertiary/aromatic N) is 2. The van der Waals surface area contributed by atoms with Crippen LogP contribution in [0.15, 0.2) is 109 Å². The predicted octanol–water partition coefficient (Wildman–Crippen LogP) is 10.5. The van der Waals surface area contributed by atoms with E-state index in [1.807, 2.05) is 0 Å². The van der Waals surface area contributed by atoms with Crippen molar-refractivity contribution in [3.8, 4) is 0 Å². The van der Waals surface area contributed by atoms with E-state index in [1.165, 1.54) is 46.2 Å². The van der Waals surface area contributed by atoms with Crippen molar-refractivity contribution in [2.75, 3.05) is 41.3 Å². The minimum atomic E-state index is -1.08. The fraction of sp³-hybridized carbons (Fsp3) is 0.458. The monoisotopic (exact) mass is 737 g/mol. The predicted molar refractivity (Wildman–Crippen MR) is 227 cm³/mol. The van der Waals surface area contributed by atoms with E-state index in [4.69, 9.17) is 10.2 Å². The maximum Gasteiger partial charge on any atom is 0.303 e. The topological polar surface area (TPSA) is 81.1 Å². The van der Waals surface area contributed by atoms with Crippen LogP contribution in [0.5, 0.6) is 0 Å². The second kappa shape index (κ2) is 22.8. The van der Waals surface area contributed by atoms with E-state index in [-0.39, 0.29) is 23.7 Å². The summed E-state index contributed by atoms with van der Waals surface area (Å²) in [4.78, 5) is 23.8. The SMILES string of the molecule is CN(C)CCC(Cc1ccc(C(C)(C)C)cc1)c1ccccc1.CN(C)CCC(Cc1ccc(C(C)(C)C)cc1)c1ccccc1.O=C(O)CCC(=O)O. The van der Waals surface area contributed by atoms with E-state index in [9.17, 15) is 9.59 Å². The highest BCUT2D eigenvalue weighted by Crippen LogP contribution is 2.29. The van der Waals surface area contributed by atoms with Gasteiger partial charge >= 0.3 is 11.9 Å².